The Kier molecular flexibility index (Phi) is 7.89. The molecule has 0 radical (unpaired) electrons. The molecule has 2 N–H and O–H groups in total. The summed E-state index contributed by atoms with van der Waals surface area (Å²) >= 11 is 0. The molecule has 3 rings (SSSR count). The van der Waals surface area contributed by atoms with Gasteiger partial charge in [0.15, 0.2) is 6.10 Å². The van der Waals surface area contributed by atoms with Gasteiger partial charge in [-0.2, -0.15) is 39.5 Å². The highest BCUT2D eigenvalue weighted by atomic mass is 19.4. The number of aliphatic hydroxyl groups excluding tert-OH is 1. The van der Waals surface area contributed by atoms with Gasteiger partial charge in [0.25, 0.3) is 0 Å². The molecule has 0 saturated heterocycles. The Morgan fingerprint density at radius 1 is 0.757 bits per heavy atom. The quantitative estimate of drug-likeness (QED) is 0.348. The van der Waals surface area contributed by atoms with Gasteiger partial charge in [0.05, 0.1) is 22.4 Å². The normalized spacial score (nSPS) is 15.3. The molecule has 1 aromatic heterocycles. The fourth-order valence-electron chi connectivity index (χ4n) is 3.72. The van der Waals surface area contributed by atoms with E-state index in [4.69, 9.17) is 0 Å². The van der Waals surface area contributed by atoms with E-state index in [1.165, 1.54) is 24.3 Å². The third kappa shape index (κ3) is 6.77. The predicted molar refractivity (Wildman–Crippen MR) is 112 cm³/mol. The molecule has 1 heterocycles. The molecule has 3 nitrogen and oxygen atoms in total. The second-order valence-corrected chi connectivity index (χ2v) is 8.16. The molecule has 0 saturated carbocycles. The number of hydrogen-bond donors (Lipinski definition) is 2. The van der Waals surface area contributed by atoms with Crippen molar-refractivity contribution in [2.24, 2.45) is 0 Å². The second kappa shape index (κ2) is 10.3. The smallest absolute Gasteiger partial charge is 0.382 e. The van der Waals surface area contributed by atoms with Crippen LogP contribution in [0.1, 0.15) is 27.9 Å². The van der Waals surface area contributed by atoms with E-state index >= 15 is 0 Å². The summed E-state index contributed by atoms with van der Waals surface area (Å²) in [5.41, 5.74) is -6.21. The number of alkyl halides is 9. The minimum Gasteiger partial charge on any atom is -0.382 e. The average Bonchev–Trinajstić information content (AvgIpc) is 2.80. The van der Waals surface area contributed by atoms with Crippen molar-refractivity contribution in [3.8, 4) is 0 Å². The molecule has 0 fully saturated rings. The number of hydrogen-bond acceptors (Lipinski definition) is 3. The molecule has 1 unspecified atom stereocenters. The molecule has 0 bridgehead atoms. The molecule has 0 spiro atoms. The van der Waals surface area contributed by atoms with E-state index in [0.29, 0.717) is 30.5 Å². The van der Waals surface area contributed by atoms with Gasteiger partial charge in [0.1, 0.15) is 5.82 Å². The highest BCUT2D eigenvalue weighted by Gasteiger charge is 2.44. The van der Waals surface area contributed by atoms with E-state index < -0.39 is 71.3 Å². The third-order valence-corrected chi connectivity index (χ3v) is 5.53. The van der Waals surface area contributed by atoms with Gasteiger partial charge in [0.2, 0.25) is 0 Å². The van der Waals surface area contributed by atoms with E-state index in [9.17, 15) is 49.0 Å². The number of halogens is 10. The van der Waals surface area contributed by atoms with Crippen LogP contribution in [0.3, 0.4) is 0 Å². The van der Waals surface area contributed by atoms with Crippen LogP contribution in [0.4, 0.5) is 43.9 Å². The van der Waals surface area contributed by atoms with Crippen LogP contribution in [0.5, 0.6) is 0 Å². The lowest BCUT2D eigenvalue weighted by atomic mass is 9.79. The third-order valence-electron chi connectivity index (χ3n) is 5.53. The van der Waals surface area contributed by atoms with Crippen LogP contribution in [-0.4, -0.2) is 28.9 Å². The van der Waals surface area contributed by atoms with Crippen molar-refractivity contribution in [3.63, 3.8) is 0 Å². The summed E-state index contributed by atoms with van der Waals surface area (Å²) in [5, 5.41) is 11.9. The van der Waals surface area contributed by atoms with Gasteiger partial charge in [-0.1, -0.05) is 30.3 Å². The van der Waals surface area contributed by atoms with E-state index in [0.717, 1.165) is 0 Å². The monoisotopic (exact) mass is 540 g/mol. The summed E-state index contributed by atoms with van der Waals surface area (Å²) in [6.45, 7) is -1.36. The zero-order chi connectivity index (χ0) is 27.6. The van der Waals surface area contributed by atoms with Gasteiger partial charge in [-0.05, 0) is 41.5 Å². The molecule has 3 aromatic rings. The van der Waals surface area contributed by atoms with E-state index in [1.807, 2.05) is 0 Å². The van der Waals surface area contributed by atoms with Crippen molar-refractivity contribution in [1.29, 1.82) is 0 Å². The second-order valence-electron chi connectivity index (χ2n) is 8.16. The molecule has 0 aliphatic carbocycles. The van der Waals surface area contributed by atoms with Gasteiger partial charge in [-0.25, -0.2) is 4.39 Å². The zero-order valence-electron chi connectivity index (χ0n) is 18.5. The summed E-state index contributed by atoms with van der Waals surface area (Å²) in [7, 11) is 0. The lowest BCUT2D eigenvalue weighted by Gasteiger charge is -2.37. The molecular weight excluding hydrogens is 522 g/mol. The Labute approximate surface area is 203 Å². The molecule has 2 atom stereocenters. The van der Waals surface area contributed by atoms with Crippen LogP contribution < -0.4 is 5.32 Å². The number of nitrogens with zero attached hydrogens (tertiary/aromatic N) is 1. The standard InChI is InChI=1S/C24H18F10N2O/c25-18-9-16(8-17(10-18)23(29,30)31)21(12-14-4-2-1-3-5-14,36-13-20(37)24(32,33)34)19-11-15(6-7-35-19)22(26,27)28/h1-11,20,36-37H,12-13H2/t20?,21-/m0/s1. The number of nitrogens with one attached hydrogen (secondary N) is 1. The van der Waals surface area contributed by atoms with Crippen molar-refractivity contribution in [3.05, 3.63) is 101 Å². The number of aromatic nitrogens is 1. The fraction of sp³-hybridized carbons (Fsp3) is 0.292. The Morgan fingerprint density at radius 3 is 1.92 bits per heavy atom. The maximum Gasteiger partial charge on any atom is 0.416 e. The largest absolute Gasteiger partial charge is 0.416 e. The molecule has 13 heteroatoms. The van der Waals surface area contributed by atoms with E-state index in [1.54, 1.807) is 6.07 Å². The Balaban J connectivity index is 2.34. The summed E-state index contributed by atoms with van der Waals surface area (Å²) in [5.74, 6) is -1.44. The average molecular weight is 540 g/mol. The molecule has 37 heavy (non-hydrogen) atoms. The van der Waals surface area contributed by atoms with Crippen molar-refractivity contribution < 1.29 is 49.0 Å². The summed E-state index contributed by atoms with van der Waals surface area (Å²) < 4.78 is 135. The molecule has 0 amide bonds. The van der Waals surface area contributed by atoms with Crippen LogP contribution >= 0.6 is 0 Å². The molecular formula is C24H18F10N2O. The number of pyridine rings is 1. The van der Waals surface area contributed by atoms with Crippen LogP contribution in [0.15, 0.2) is 66.9 Å². The SMILES string of the molecule is OC(CN[C@@](Cc1ccccc1)(c1cc(F)cc(C(F)(F)F)c1)c1cc(C(F)(F)F)ccn1)C(F)(F)F. The first kappa shape index (κ1) is 28.4. The first-order valence-corrected chi connectivity index (χ1v) is 10.5. The molecule has 200 valence electrons. The van der Waals surface area contributed by atoms with Gasteiger partial charge in [-0.15, -0.1) is 0 Å². The first-order valence-electron chi connectivity index (χ1n) is 10.5. The van der Waals surface area contributed by atoms with Gasteiger partial charge in [-0.3, -0.25) is 10.3 Å². The van der Waals surface area contributed by atoms with Crippen molar-refractivity contribution >= 4 is 0 Å². The highest BCUT2D eigenvalue weighted by Crippen LogP contribution is 2.39. The van der Waals surface area contributed by atoms with Crippen LogP contribution in [-0.2, 0) is 24.3 Å². The maximum absolute atomic E-state index is 14.4. The van der Waals surface area contributed by atoms with Gasteiger partial charge in [0, 0.05) is 19.2 Å². The molecule has 0 aliphatic rings. The van der Waals surface area contributed by atoms with Gasteiger partial charge >= 0.3 is 18.5 Å². The first-order chi connectivity index (χ1) is 17.0. The van der Waals surface area contributed by atoms with Crippen LogP contribution in [0.25, 0.3) is 0 Å². The minimum atomic E-state index is -5.17. The predicted octanol–water partition coefficient (Wildman–Crippen LogP) is 6.26. The highest BCUT2D eigenvalue weighted by molar-refractivity contribution is 5.42. The van der Waals surface area contributed by atoms with Crippen molar-refractivity contribution in [2.45, 2.75) is 36.6 Å². The van der Waals surface area contributed by atoms with Gasteiger partial charge < -0.3 is 5.11 Å². The number of benzene rings is 2. The summed E-state index contributed by atoms with van der Waals surface area (Å²) in [4.78, 5) is 3.83. The lowest BCUT2D eigenvalue weighted by molar-refractivity contribution is -0.202. The zero-order valence-corrected chi connectivity index (χ0v) is 18.5. The van der Waals surface area contributed by atoms with Crippen molar-refractivity contribution in [2.75, 3.05) is 6.54 Å². The van der Waals surface area contributed by atoms with Crippen LogP contribution in [0.2, 0.25) is 0 Å². The Morgan fingerprint density at radius 2 is 1.35 bits per heavy atom. The lowest BCUT2D eigenvalue weighted by Crippen LogP contribution is -2.51. The number of aliphatic hydroxyl groups is 1. The Hall–Kier alpha value is -3.19. The van der Waals surface area contributed by atoms with E-state index in [2.05, 4.69) is 10.3 Å². The molecule has 0 aliphatic heterocycles. The molecule has 2 aromatic carbocycles. The summed E-state index contributed by atoms with van der Waals surface area (Å²) in [6.07, 6.45) is -18.1. The topological polar surface area (TPSA) is 45.1 Å². The van der Waals surface area contributed by atoms with Crippen LogP contribution in [0, 0.1) is 5.82 Å². The van der Waals surface area contributed by atoms with E-state index in [-0.39, 0.29) is 11.6 Å². The fourth-order valence-corrected chi connectivity index (χ4v) is 3.72. The minimum absolute atomic E-state index is 0.140. The number of rotatable bonds is 7. The maximum atomic E-state index is 14.4. The van der Waals surface area contributed by atoms with Crippen molar-refractivity contribution in [1.82, 2.24) is 10.3 Å². The Bertz CT molecular complexity index is 1210. The summed E-state index contributed by atoms with van der Waals surface area (Å²) in [6, 6.07) is 9.51.